The minimum Gasteiger partial charge on any atom is -0.385 e. The number of hydrogen-bond donors (Lipinski definition) is 3. The number of amides is 2. The quantitative estimate of drug-likeness (QED) is 0.602. The maximum absolute atomic E-state index is 13.5. The van der Waals surface area contributed by atoms with Crippen LogP contribution in [0.15, 0.2) is 48.5 Å². The molecule has 0 spiro atoms. The molecule has 0 radical (unpaired) electrons. The maximum atomic E-state index is 13.5. The van der Waals surface area contributed by atoms with Crippen LogP contribution >= 0.6 is 0 Å². The molecule has 0 saturated heterocycles. The van der Waals surface area contributed by atoms with Crippen LogP contribution in [0.5, 0.6) is 0 Å². The fraction of sp³-hybridized carbons (Fsp3) is 0.263. The summed E-state index contributed by atoms with van der Waals surface area (Å²) in [5.74, 6) is -1.01. The number of halogens is 1. The van der Waals surface area contributed by atoms with E-state index in [4.69, 9.17) is 4.74 Å². The van der Waals surface area contributed by atoms with E-state index in [1.54, 1.807) is 43.5 Å². The summed E-state index contributed by atoms with van der Waals surface area (Å²) in [7, 11) is 1.62. The average Bonchev–Trinajstić information content (AvgIpc) is 2.66. The molecule has 0 bridgehead atoms. The van der Waals surface area contributed by atoms with Crippen LogP contribution in [0.2, 0.25) is 0 Å². The van der Waals surface area contributed by atoms with Gasteiger partial charge in [-0.3, -0.25) is 9.59 Å². The number of carbonyl (C=O) groups is 2. The maximum Gasteiger partial charge on any atom is 0.251 e. The summed E-state index contributed by atoms with van der Waals surface area (Å²) < 4.78 is 18.4. The van der Waals surface area contributed by atoms with Crippen molar-refractivity contribution in [3.8, 4) is 0 Å². The molecule has 2 rings (SSSR count). The normalized spacial score (nSPS) is 10.2. The highest BCUT2D eigenvalue weighted by Crippen LogP contribution is 2.13. The molecule has 6 nitrogen and oxygen atoms in total. The predicted octanol–water partition coefficient (Wildman–Crippen LogP) is 2.64. The number of carbonyl (C=O) groups excluding carboxylic acids is 2. The molecule has 0 fully saturated rings. The Morgan fingerprint density at radius 1 is 1.08 bits per heavy atom. The molecule has 7 heteroatoms. The third-order valence-electron chi connectivity index (χ3n) is 3.56. The van der Waals surface area contributed by atoms with E-state index < -0.39 is 5.82 Å². The molecule has 3 N–H and O–H groups in total. The van der Waals surface area contributed by atoms with Crippen molar-refractivity contribution in [3.05, 3.63) is 59.9 Å². The molecule has 0 heterocycles. The van der Waals surface area contributed by atoms with Crippen LogP contribution in [0.3, 0.4) is 0 Å². The zero-order valence-electron chi connectivity index (χ0n) is 14.5. The first-order valence-electron chi connectivity index (χ1n) is 8.25. The van der Waals surface area contributed by atoms with Gasteiger partial charge in [0.1, 0.15) is 5.82 Å². The van der Waals surface area contributed by atoms with Gasteiger partial charge in [0, 0.05) is 31.5 Å². The lowest BCUT2D eigenvalue weighted by molar-refractivity contribution is -0.114. The largest absolute Gasteiger partial charge is 0.385 e. The molecular weight excluding hydrogens is 337 g/mol. The van der Waals surface area contributed by atoms with E-state index in [1.165, 1.54) is 12.1 Å². The Hall–Kier alpha value is -2.93. The Bertz CT molecular complexity index is 735. The number of methoxy groups -OCH3 is 1. The number of para-hydroxylation sites is 1. The van der Waals surface area contributed by atoms with Crippen molar-refractivity contribution in [3.63, 3.8) is 0 Å². The van der Waals surface area contributed by atoms with Crippen LogP contribution in [0.1, 0.15) is 16.8 Å². The van der Waals surface area contributed by atoms with E-state index >= 15 is 0 Å². The fourth-order valence-corrected chi connectivity index (χ4v) is 2.20. The van der Waals surface area contributed by atoms with E-state index in [0.29, 0.717) is 24.4 Å². The van der Waals surface area contributed by atoms with Gasteiger partial charge >= 0.3 is 0 Å². The number of hydrogen-bond acceptors (Lipinski definition) is 4. The van der Waals surface area contributed by atoms with E-state index in [2.05, 4.69) is 16.0 Å². The lowest BCUT2D eigenvalue weighted by atomic mass is 10.2. The van der Waals surface area contributed by atoms with Gasteiger partial charge in [-0.1, -0.05) is 12.1 Å². The molecule has 0 aliphatic carbocycles. The molecule has 138 valence electrons. The lowest BCUT2D eigenvalue weighted by Crippen LogP contribution is -2.25. The SMILES string of the molecule is COCCCNC(=O)c1ccc(NCC(=O)Nc2ccccc2F)cc1. The van der Waals surface area contributed by atoms with Gasteiger partial charge in [0.15, 0.2) is 0 Å². The molecule has 0 atom stereocenters. The van der Waals surface area contributed by atoms with Gasteiger partial charge in [-0.15, -0.1) is 0 Å². The van der Waals surface area contributed by atoms with Gasteiger partial charge in [0.2, 0.25) is 5.91 Å². The zero-order valence-corrected chi connectivity index (χ0v) is 14.5. The summed E-state index contributed by atoms with van der Waals surface area (Å²) in [6.45, 7) is 1.12. The molecule has 0 unspecified atom stereocenters. The second-order valence-corrected chi connectivity index (χ2v) is 5.56. The minimum absolute atomic E-state index is 0.0170. The van der Waals surface area contributed by atoms with Crippen molar-refractivity contribution in [2.24, 2.45) is 0 Å². The second-order valence-electron chi connectivity index (χ2n) is 5.56. The number of rotatable bonds is 9. The van der Waals surface area contributed by atoms with Crippen molar-refractivity contribution >= 4 is 23.2 Å². The Morgan fingerprint density at radius 2 is 1.81 bits per heavy atom. The zero-order chi connectivity index (χ0) is 18.8. The first kappa shape index (κ1) is 19.4. The summed E-state index contributed by atoms with van der Waals surface area (Å²) >= 11 is 0. The molecule has 0 aliphatic heterocycles. The monoisotopic (exact) mass is 359 g/mol. The summed E-state index contributed by atoms with van der Waals surface area (Å²) in [6, 6.07) is 12.7. The summed E-state index contributed by atoms with van der Waals surface area (Å²) in [6.07, 6.45) is 0.749. The van der Waals surface area contributed by atoms with E-state index in [0.717, 1.165) is 6.42 Å². The molecule has 2 amide bonds. The third-order valence-corrected chi connectivity index (χ3v) is 3.56. The molecule has 0 saturated carbocycles. The van der Waals surface area contributed by atoms with Crippen LogP contribution in [0, 0.1) is 5.82 Å². The van der Waals surface area contributed by atoms with Crippen molar-refractivity contribution in [2.75, 3.05) is 37.4 Å². The van der Waals surface area contributed by atoms with Crippen LogP contribution in [-0.4, -0.2) is 38.6 Å². The molecule has 0 aliphatic rings. The van der Waals surface area contributed by atoms with Gasteiger partial charge in [-0.2, -0.15) is 0 Å². The smallest absolute Gasteiger partial charge is 0.251 e. The number of ether oxygens (including phenoxy) is 1. The molecule has 0 aromatic heterocycles. The van der Waals surface area contributed by atoms with Crippen molar-refractivity contribution < 1.29 is 18.7 Å². The lowest BCUT2D eigenvalue weighted by Gasteiger charge is -2.09. The molecular formula is C19H22FN3O3. The third kappa shape index (κ3) is 6.18. The average molecular weight is 359 g/mol. The number of benzene rings is 2. The molecule has 2 aromatic carbocycles. The van der Waals surface area contributed by atoms with Crippen LogP contribution in [0.25, 0.3) is 0 Å². The van der Waals surface area contributed by atoms with Gasteiger partial charge in [-0.25, -0.2) is 4.39 Å². The number of nitrogens with one attached hydrogen (secondary N) is 3. The number of anilines is 2. The summed E-state index contributed by atoms with van der Waals surface area (Å²) in [5.41, 5.74) is 1.35. The van der Waals surface area contributed by atoms with Crippen molar-refractivity contribution in [1.29, 1.82) is 0 Å². The van der Waals surface area contributed by atoms with Gasteiger partial charge in [-0.05, 0) is 42.8 Å². The van der Waals surface area contributed by atoms with Crippen LogP contribution < -0.4 is 16.0 Å². The molecule has 2 aromatic rings. The van der Waals surface area contributed by atoms with Crippen molar-refractivity contribution in [2.45, 2.75) is 6.42 Å². The summed E-state index contributed by atoms with van der Waals surface area (Å²) in [4.78, 5) is 23.8. The van der Waals surface area contributed by atoms with E-state index in [1.807, 2.05) is 0 Å². The van der Waals surface area contributed by atoms with Crippen LogP contribution in [0.4, 0.5) is 15.8 Å². The van der Waals surface area contributed by atoms with E-state index in [-0.39, 0.29) is 24.0 Å². The second kappa shape index (κ2) is 10.1. The van der Waals surface area contributed by atoms with Crippen LogP contribution in [-0.2, 0) is 9.53 Å². The van der Waals surface area contributed by atoms with Gasteiger partial charge in [0.05, 0.1) is 12.2 Å². The highest BCUT2D eigenvalue weighted by atomic mass is 19.1. The summed E-state index contributed by atoms with van der Waals surface area (Å²) in [5, 5.41) is 8.22. The minimum atomic E-state index is -0.485. The van der Waals surface area contributed by atoms with E-state index in [9.17, 15) is 14.0 Å². The Morgan fingerprint density at radius 3 is 2.50 bits per heavy atom. The van der Waals surface area contributed by atoms with Gasteiger partial charge < -0.3 is 20.7 Å². The fourth-order valence-electron chi connectivity index (χ4n) is 2.20. The first-order chi connectivity index (χ1) is 12.6. The Balaban J connectivity index is 1.79. The van der Waals surface area contributed by atoms with Crippen molar-refractivity contribution in [1.82, 2.24) is 5.32 Å². The Kier molecular flexibility index (Phi) is 7.57. The molecule has 26 heavy (non-hydrogen) atoms. The highest BCUT2D eigenvalue weighted by molar-refractivity contribution is 5.95. The van der Waals surface area contributed by atoms with Gasteiger partial charge in [0.25, 0.3) is 5.91 Å². The standard InChI is InChI=1S/C19H22FN3O3/c1-26-12-4-11-21-19(25)14-7-9-15(10-8-14)22-13-18(24)23-17-6-3-2-5-16(17)20/h2-3,5-10,22H,4,11-13H2,1H3,(H,21,25)(H,23,24). The topological polar surface area (TPSA) is 79.5 Å². The predicted molar refractivity (Wildman–Crippen MR) is 98.8 cm³/mol. The highest BCUT2D eigenvalue weighted by Gasteiger charge is 2.07. The Labute approximate surface area is 151 Å². The first-order valence-corrected chi connectivity index (χ1v) is 8.25.